The van der Waals surface area contributed by atoms with Gasteiger partial charge in [-0.2, -0.15) is 5.26 Å². The van der Waals surface area contributed by atoms with Crippen LogP contribution in [0.25, 0.3) is 0 Å². The standard InChI is InChI=1S/C8H11NO3/c1-6(2)12-7(3)8(4-9)11-5-10/h5-6H,1-3H3/b8-7+. The predicted molar refractivity (Wildman–Crippen MR) is 41.7 cm³/mol. The minimum atomic E-state index is -0.0984. The number of nitriles is 1. The second kappa shape index (κ2) is 5.19. The molecule has 0 fully saturated rings. The summed E-state index contributed by atoms with van der Waals surface area (Å²) in [5, 5.41) is 8.47. The second-order valence-corrected chi connectivity index (χ2v) is 2.38. The van der Waals surface area contributed by atoms with E-state index in [4.69, 9.17) is 10.00 Å². The maximum Gasteiger partial charge on any atom is 0.299 e. The Morgan fingerprint density at radius 1 is 1.58 bits per heavy atom. The van der Waals surface area contributed by atoms with Crippen LogP contribution in [-0.4, -0.2) is 12.6 Å². The Bertz CT molecular complexity index is 225. The van der Waals surface area contributed by atoms with Gasteiger partial charge in [0.15, 0.2) is 0 Å². The van der Waals surface area contributed by atoms with Crippen molar-refractivity contribution in [2.45, 2.75) is 26.9 Å². The first-order valence-electron chi connectivity index (χ1n) is 3.49. The fraction of sp³-hybridized carbons (Fsp3) is 0.500. The molecule has 0 aromatic heterocycles. The van der Waals surface area contributed by atoms with Crippen molar-refractivity contribution in [1.29, 1.82) is 5.26 Å². The molecule has 0 spiro atoms. The zero-order chi connectivity index (χ0) is 9.56. The lowest BCUT2D eigenvalue weighted by Gasteiger charge is -2.09. The lowest BCUT2D eigenvalue weighted by Crippen LogP contribution is -2.03. The molecule has 0 saturated heterocycles. The first kappa shape index (κ1) is 10.5. The van der Waals surface area contributed by atoms with Crippen molar-refractivity contribution in [3.8, 4) is 6.07 Å². The summed E-state index contributed by atoms with van der Waals surface area (Å²) in [6.07, 6.45) is -0.0383. The molecule has 0 rings (SSSR count). The lowest BCUT2D eigenvalue weighted by atomic mass is 10.4. The number of ether oxygens (including phenoxy) is 2. The van der Waals surface area contributed by atoms with Crippen molar-refractivity contribution in [3.05, 3.63) is 11.5 Å². The van der Waals surface area contributed by atoms with Gasteiger partial charge >= 0.3 is 0 Å². The summed E-state index contributed by atoms with van der Waals surface area (Å²) < 4.78 is 9.50. The Balaban J connectivity index is 4.39. The molecular weight excluding hydrogens is 158 g/mol. The van der Waals surface area contributed by atoms with E-state index < -0.39 is 0 Å². The Morgan fingerprint density at radius 2 is 2.17 bits per heavy atom. The highest BCUT2D eigenvalue weighted by molar-refractivity contribution is 5.42. The Morgan fingerprint density at radius 3 is 2.50 bits per heavy atom. The van der Waals surface area contributed by atoms with Crippen LogP contribution in [0.3, 0.4) is 0 Å². The van der Waals surface area contributed by atoms with E-state index in [1.165, 1.54) is 0 Å². The van der Waals surface area contributed by atoms with Gasteiger partial charge in [-0.3, -0.25) is 4.79 Å². The topological polar surface area (TPSA) is 59.3 Å². The van der Waals surface area contributed by atoms with Crippen LogP contribution in [0.15, 0.2) is 11.5 Å². The summed E-state index contributed by atoms with van der Waals surface area (Å²) in [6, 6.07) is 1.71. The Kier molecular flexibility index (Phi) is 4.54. The zero-order valence-corrected chi connectivity index (χ0v) is 7.33. The van der Waals surface area contributed by atoms with Gasteiger partial charge in [-0.25, -0.2) is 0 Å². The summed E-state index contributed by atoms with van der Waals surface area (Å²) in [4.78, 5) is 9.90. The molecule has 0 N–H and O–H groups in total. The fourth-order valence-corrected chi connectivity index (χ4v) is 0.643. The highest BCUT2D eigenvalue weighted by Crippen LogP contribution is 2.07. The number of rotatable bonds is 4. The molecule has 0 aromatic rings. The van der Waals surface area contributed by atoms with E-state index in [1.807, 2.05) is 13.8 Å². The van der Waals surface area contributed by atoms with Gasteiger partial charge in [-0.1, -0.05) is 0 Å². The summed E-state index contributed by atoms with van der Waals surface area (Å²) in [6.45, 7) is 5.41. The van der Waals surface area contributed by atoms with Gasteiger partial charge in [-0.05, 0) is 20.8 Å². The maximum absolute atomic E-state index is 9.90. The molecule has 0 aliphatic heterocycles. The average Bonchev–Trinajstić information content (AvgIpc) is 1.98. The number of carbonyl (C=O) groups is 1. The fourth-order valence-electron chi connectivity index (χ4n) is 0.643. The van der Waals surface area contributed by atoms with E-state index in [0.29, 0.717) is 5.76 Å². The van der Waals surface area contributed by atoms with Gasteiger partial charge in [0.25, 0.3) is 6.47 Å². The van der Waals surface area contributed by atoms with Crippen LogP contribution in [0.1, 0.15) is 20.8 Å². The third kappa shape index (κ3) is 3.62. The van der Waals surface area contributed by atoms with Crippen LogP contribution in [0.2, 0.25) is 0 Å². The van der Waals surface area contributed by atoms with E-state index in [-0.39, 0.29) is 18.3 Å². The third-order valence-electron chi connectivity index (χ3n) is 1.000. The van der Waals surface area contributed by atoms with E-state index in [0.717, 1.165) is 0 Å². The molecule has 66 valence electrons. The number of hydrogen-bond acceptors (Lipinski definition) is 4. The van der Waals surface area contributed by atoms with E-state index >= 15 is 0 Å². The summed E-state index contributed by atoms with van der Waals surface area (Å²) in [5.41, 5.74) is 0. The van der Waals surface area contributed by atoms with Crippen LogP contribution in [0, 0.1) is 11.3 Å². The van der Waals surface area contributed by atoms with Crippen molar-refractivity contribution < 1.29 is 14.3 Å². The first-order chi connectivity index (χ1) is 5.61. The molecule has 0 heterocycles. The van der Waals surface area contributed by atoms with Crippen LogP contribution < -0.4 is 0 Å². The van der Waals surface area contributed by atoms with Crippen LogP contribution >= 0.6 is 0 Å². The summed E-state index contributed by atoms with van der Waals surface area (Å²) >= 11 is 0. The van der Waals surface area contributed by atoms with Crippen molar-refractivity contribution in [1.82, 2.24) is 0 Å². The normalized spacial score (nSPS) is 11.6. The molecule has 0 aliphatic rings. The molecule has 4 nitrogen and oxygen atoms in total. The van der Waals surface area contributed by atoms with Gasteiger partial charge in [0, 0.05) is 0 Å². The van der Waals surface area contributed by atoms with E-state index in [9.17, 15) is 4.79 Å². The van der Waals surface area contributed by atoms with E-state index in [2.05, 4.69) is 4.74 Å². The molecule has 0 amide bonds. The van der Waals surface area contributed by atoms with Crippen molar-refractivity contribution in [2.24, 2.45) is 0 Å². The predicted octanol–water partition coefficient (Wildman–Crippen LogP) is 1.34. The second-order valence-electron chi connectivity index (χ2n) is 2.38. The molecule has 4 heteroatoms. The van der Waals surface area contributed by atoms with Crippen molar-refractivity contribution >= 4 is 6.47 Å². The molecular formula is C8H11NO3. The van der Waals surface area contributed by atoms with Crippen LogP contribution in [0.4, 0.5) is 0 Å². The monoisotopic (exact) mass is 169 g/mol. The molecule has 0 unspecified atom stereocenters. The van der Waals surface area contributed by atoms with Gasteiger partial charge < -0.3 is 9.47 Å². The Hall–Kier alpha value is -1.50. The molecule has 0 saturated carbocycles. The highest BCUT2D eigenvalue weighted by atomic mass is 16.5. The van der Waals surface area contributed by atoms with Gasteiger partial charge in [-0.15, -0.1) is 0 Å². The van der Waals surface area contributed by atoms with Crippen LogP contribution in [0.5, 0.6) is 0 Å². The number of allylic oxidation sites excluding steroid dienone is 2. The minimum absolute atomic E-state index is 0.0383. The van der Waals surface area contributed by atoms with E-state index in [1.54, 1.807) is 13.0 Å². The van der Waals surface area contributed by atoms with Crippen molar-refractivity contribution in [3.63, 3.8) is 0 Å². The van der Waals surface area contributed by atoms with Gasteiger partial charge in [0.1, 0.15) is 11.8 Å². The molecule has 0 aromatic carbocycles. The minimum Gasteiger partial charge on any atom is -0.491 e. The zero-order valence-electron chi connectivity index (χ0n) is 7.33. The quantitative estimate of drug-likeness (QED) is 0.362. The molecule has 0 radical (unpaired) electrons. The number of carbonyl (C=O) groups excluding carboxylic acids is 1. The largest absolute Gasteiger partial charge is 0.491 e. The maximum atomic E-state index is 9.90. The number of nitrogens with zero attached hydrogens (tertiary/aromatic N) is 1. The smallest absolute Gasteiger partial charge is 0.299 e. The summed E-state index contributed by atoms with van der Waals surface area (Å²) in [5.74, 6) is 0.221. The molecule has 0 aliphatic carbocycles. The highest BCUT2D eigenvalue weighted by Gasteiger charge is 2.05. The third-order valence-corrected chi connectivity index (χ3v) is 1.000. The first-order valence-corrected chi connectivity index (χ1v) is 3.49. The van der Waals surface area contributed by atoms with Crippen LogP contribution in [-0.2, 0) is 14.3 Å². The Labute approximate surface area is 71.4 Å². The lowest BCUT2D eigenvalue weighted by molar-refractivity contribution is -0.125. The number of hydrogen-bond donors (Lipinski definition) is 0. The molecule has 0 atom stereocenters. The molecule has 12 heavy (non-hydrogen) atoms. The average molecular weight is 169 g/mol. The molecule has 0 bridgehead atoms. The van der Waals surface area contributed by atoms with Gasteiger partial charge in [0.2, 0.25) is 5.76 Å². The van der Waals surface area contributed by atoms with Crippen molar-refractivity contribution in [2.75, 3.05) is 0 Å². The summed E-state index contributed by atoms with van der Waals surface area (Å²) in [7, 11) is 0. The van der Waals surface area contributed by atoms with Gasteiger partial charge in [0.05, 0.1) is 6.10 Å². The SMILES string of the molecule is C/C(OC(C)C)=C(/C#N)OC=O.